The topological polar surface area (TPSA) is 79.5 Å². The number of sulfonamides is 1. The van der Waals surface area contributed by atoms with Gasteiger partial charge in [0.05, 0.1) is 16.9 Å². The molecule has 0 N–H and O–H groups in total. The molecule has 9 heteroatoms. The molecule has 6 rings (SSSR count). The van der Waals surface area contributed by atoms with Gasteiger partial charge in [0.2, 0.25) is 0 Å². The fourth-order valence-electron chi connectivity index (χ4n) is 4.68. The standard InChI is InChI=1S/C31H24N2O4S2.Na/c34-30(32-39(35,36)31-14-7-21-38-31)20-17-22-8-1-2-9-25(22)23-15-18-24(19-16-23)37-33-28-12-5-3-10-26(28)27-11-4-6-13-29(27)33;/h1-16,18-19,21H,17,20H2,(H,32,34);/q;+1/p-1. The number of thiophene rings is 1. The van der Waals surface area contributed by atoms with Crippen molar-refractivity contribution in [1.29, 1.82) is 0 Å². The van der Waals surface area contributed by atoms with E-state index in [2.05, 4.69) is 16.9 Å². The second-order valence-corrected chi connectivity index (χ2v) is 11.8. The first-order valence-corrected chi connectivity index (χ1v) is 14.7. The van der Waals surface area contributed by atoms with Crippen LogP contribution < -0.4 is 34.4 Å². The monoisotopic (exact) mass is 574 g/mol. The smallest absolute Gasteiger partial charge is 0.541 e. The third kappa shape index (κ3) is 5.73. The number of nitrogens with zero attached hydrogens (tertiary/aromatic N) is 2. The Morgan fingerprint density at radius 2 is 1.40 bits per heavy atom. The molecule has 0 saturated carbocycles. The van der Waals surface area contributed by atoms with Gasteiger partial charge in [-0.05, 0) is 65.2 Å². The summed E-state index contributed by atoms with van der Waals surface area (Å²) in [6, 6.07) is 34.9. The summed E-state index contributed by atoms with van der Waals surface area (Å²) in [6.07, 6.45) is 0.370. The van der Waals surface area contributed by atoms with E-state index in [-0.39, 0.29) is 40.2 Å². The van der Waals surface area contributed by atoms with E-state index in [1.807, 2.05) is 89.7 Å². The molecule has 0 unspecified atom stereocenters. The number of aromatic nitrogens is 1. The summed E-state index contributed by atoms with van der Waals surface area (Å²) in [5.74, 6) is 0.0311. The van der Waals surface area contributed by atoms with Gasteiger partial charge in [0.1, 0.15) is 14.2 Å². The van der Waals surface area contributed by atoms with Gasteiger partial charge >= 0.3 is 29.6 Å². The molecule has 0 saturated heterocycles. The van der Waals surface area contributed by atoms with E-state index in [0.29, 0.717) is 12.2 Å². The normalized spacial score (nSPS) is 11.3. The van der Waals surface area contributed by atoms with E-state index in [1.54, 1.807) is 11.4 Å². The van der Waals surface area contributed by atoms with Crippen LogP contribution in [-0.4, -0.2) is 19.1 Å². The minimum Gasteiger partial charge on any atom is -0.541 e. The molecule has 6 nitrogen and oxygen atoms in total. The van der Waals surface area contributed by atoms with Crippen LogP contribution in [0.25, 0.3) is 37.7 Å². The molecule has 194 valence electrons. The molecule has 0 fully saturated rings. The van der Waals surface area contributed by atoms with E-state index in [9.17, 15) is 13.2 Å². The fourth-order valence-corrected chi connectivity index (χ4v) is 6.60. The summed E-state index contributed by atoms with van der Waals surface area (Å²) < 4.78 is 30.0. The van der Waals surface area contributed by atoms with Gasteiger partial charge < -0.3 is 14.4 Å². The molecular formula is C31H23N2NaO4S2. The number of aryl methyl sites for hydroxylation is 1. The largest absolute Gasteiger partial charge is 1.00 e. The van der Waals surface area contributed by atoms with Crippen LogP contribution in [-0.2, 0) is 21.2 Å². The van der Waals surface area contributed by atoms with Crippen molar-refractivity contribution in [3.05, 3.63) is 125 Å². The zero-order valence-electron chi connectivity index (χ0n) is 21.7. The van der Waals surface area contributed by atoms with Gasteiger partial charge in [0.25, 0.3) is 0 Å². The van der Waals surface area contributed by atoms with E-state index in [4.69, 9.17) is 4.84 Å². The van der Waals surface area contributed by atoms with Crippen LogP contribution in [0.5, 0.6) is 5.75 Å². The third-order valence-electron chi connectivity index (χ3n) is 6.49. The van der Waals surface area contributed by atoms with Crippen LogP contribution >= 0.6 is 11.3 Å². The average molecular weight is 575 g/mol. The van der Waals surface area contributed by atoms with Gasteiger partial charge in [-0.25, -0.2) is 8.42 Å². The zero-order chi connectivity index (χ0) is 26.8. The number of carbonyl (C=O) groups excluding carboxylic acids is 1. The van der Waals surface area contributed by atoms with Crippen LogP contribution in [0.2, 0.25) is 0 Å². The first-order valence-electron chi connectivity index (χ1n) is 12.4. The van der Waals surface area contributed by atoms with Crippen LogP contribution in [0.15, 0.2) is 119 Å². The minimum atomic E-state index is -3.96. The average Bonchev–Trinajstić information content (AvgIpc) is 3.61. The Morgan fingerprint density at radius 3 is 2.05 bits per heavy atom. The van der Waals surface area contributed by atoms with Crippen molar-refractivity contribution in [3.8, 4) is 16.9 Å². The maximum absolute atomic E-state index is 12.4. The first kappa shape index (κ1) is 28.1. The summed E-state index contributed by atoms with van der Waals surface area (Å²) in [4.78, 5) is 18.7. The minimum absolute atomic E-state index is 0. The number of rotatable bonds is 8. The summed E-state index contributed by atoms with van der Waals surface area (Å²) in [7, 11) is -3.96. The van der Waals surface area contributed by atoms with Gasteiger partial charge in [-0.2, -0.15) is 4.73 Å². The summed E-state index contributed by atoms with van der Waals surface area (Å²) >= 11 is 1.04. The number of amides is 1. The zero-order valence-corrected chi connectivity index (χ0v) is 25.4. The van der Waals surface area contributed by atoms with E-state index in [0.717, 1.165) is 49.8 Å². The Kier molecular flexibility index (Phi) is 8.44. The number of carbonyl (C=O) groups is 1. The quantitative estimate of drug-likeness (QED) is 0.249. The molecule has 4 aromatic carbocycles. The molecule has 0 aliphatic rings. The Hall–Kier alpha value is -3.40. The Bertz CT molecular complexity index is 1840. The third-order valence-corrected chi connectivity index (χ3v) is 9.17. The van der Waals surface area contributed by atoms with Crippen molar-refractivity contribution < 1.29 is 47.6 Å². The summed E-state index contributed by atoms with van der Waals surface area (Å²) in [5.41, 5.74) is 4.85. The van der Waals surface area contributed by atoms with Gasteiger partial charge in [0, 0.05) is 10.8 Å². The molecule has 0 aliphatic heterocycles. The molecule has 2 aromatic heterocycles. The van der Waals surface area contributed by atoms with Crippen LogP contribution in [0, 0.1) is 0 Å². The molecule has 6 aromatic rings. The molecule has 40 heavy (non-hydrogen) atoms. The second-order valence-electron chi connectivity index (χ2n) is 8.99. The Morgan fingerprint density at radius 1 is 0.775 bits per heavy atom. The molecule has 0 atom stereocenters. The van der Waals surface area contributed by atoms with Crippen molar-refractivity contribution in [2.24, 2.45) is 0 Å². The van der Waals surface area contributed by atoms with Crippen LogP contribution in [0.4, 0.5) is 0 Å². The maximum Gasteiger partial charge on any atom is 1.00 e. The number of hydrogen-bond donors (Lipinski definition) is 0. The maximum atomic E-state index is 12.4. The van der Waals surface area contributed by atoms with E-state index < -0.39 is 15.9 Å². The van der Waals surface area contributed by atoms with Crippen molar-refractivity contribution in [2.75, 3.05) is 0 Å². The van der Waals surface area contributed by atoms with E-state index >= 15 is 0 Å². The number of para-hydroxylation sites is 2. The predicted octanol–water partition coefficient (Wildman–Crippen LogP) is 4.59. The molecular weight excluding hydrogens is 551 g/mol. The Labute approximate surface area is 258 Å². The second kappa shape index (κ2) is 12.0. The Balaban J connectivity index is 0.00000323. The van der Waals surface area contributed by atoms with Gasteiger partial charge in [-0.3, -0.25) is 0 Å². The van der Waals surface area contributed by atoms with Crippen molar-refractivity contribution >= 4 is 49.1 Å². The summed E-state index contributed by atoms with van der Waals surface area (Å²) in [6.45, 7) is 0. The number of fused-ring (bicyclic) bond motifs is 3. The van der Waals surface area contributed by atoms with Gasteiger partial charge in [0.15, 0.2) is 5.75 Å². The van der Waals surface area contributed by atoms with Gasteiger partial charge in [-0.15, -0.1) is 11.3 Å². The molecule has 0 aliphatic carbocycles. The van der Waals surface area contributed by atoms with Crippen molar-refractivity contribution in [3.63, 3.8) is 0 Å². The van der Waals surface area contributed by atoms with Crippen LogP contribution in [0.1, 0.15) is 12.0 Å². The molecule has 0 spiro atoms. The first-order chi connectivity index (χ1) is 19.0. The SMILES string of the molecule is O=C(CCc1ccccc1-c1ccc(On2c3ccccc3c3ccccc32)cc1)[N-]S(=O)(=O)c1cccs1.[Na+]. The molecule has 1 amide bonds. The fraction of sp³-hybridized carbons (Fsp3) is 0.0645. The predicted molar refractivity (Wildman–Crippen MR) is 156 cm³/mol. The number of hydrogen-bond acceptors (Lipinski definition) is 5. The van der Waals surface area contributed by atoms with Crippen LogP contribution in [0.3, 0.4) is 0 Å². The van der Waals surface area contributed by atoms with Crippen molar-refractivity contribution in [1.82, 2.24) is 4.73 Å². The van der Waals surface area contributed by atoms with E-state index in [1.165, 1.54) is 6.07 Å². The van der Waals surface area contributed by atoms with Gasteiger partial charge in [-0.1, -0.05) is 78.9 Å². The molecule has 0 bridgehead atoms. The molecule has 0 radical (unpaired) electrons. The van der Waals surface area contributed by atoms with Crippen molar-refractivity contribution in [2.45, 2.75) is 17.1 Å². The molecule has 2 heterocycles. The number of benzene rings is 4. The summed E-state index contributed by atoms with van der Waals surface area (Å²) in [5, 5.41) is 3.90.